The van der Waals surface area contributed by atoms with Crippen LogP contribution in [0, 0.1) is 0 Å². The molecule has 1 aromatic rings. The van der Waals surface area contributed by atoms with Crippen LogP contribution < -0.4 is 5.32 Å². The van der Waals surface area contributed by atoms with Gasteiger partial charge in [-0.15, -0.1) is 0 Å². The molecule has 0 bridgehead atoms. The number of hydrogen-bond donors (Lipinski definition) is 1. The second-order valence-corrected chi connectivity index (χ2v) is 4.42. The highest BCUT2D eigenvalue weighted by molar-refractivity contribution is 5.67. The summed E-state index contributed by atoms with van der Waals surface area (Å²) in [5, 5.41) is 2.71. The van der Waals surface area contributed by atoms with Crippen molar-refractivity contribution in [1.29, 1.82) is 0 Å². The maximum absolute atomic E-state index is 13.4. The van der Waals surface area contributed by atoms with Crippen molar-refractivity contribution in [2.75, 3.05) is 7.11 Å². The Morgan fingerprint density at radius 2 is 2.21 bits per heavy atom. The van der Waals surface area contributed by atoms with Gasteiger partial charge in [-0.25, -0.2) is 9.18 Å². The maximum Gasteiger partial charge on any atom is 0.408 e. The van der Waals surface area contributed by atoms with E-state index in [1.165, 1.54) is 13.3 Å². The molecule has 1 atom stereocenters. The molecular formula is C14H17FN2O2. The first-order valence-electron chi connectivity index (χ1n) is 6.19. The standard InChI is InChI=1S/C14H17FN2O2/c1-19-14(18)16-13-8-7-12(15)10-17(13)9-11-5-3-2-4-6-11/h2-6,10,13H,7-9H2,1H3,(H,16,18). The van der Waals surface area contributed by atoms with Crippen molar-refractivity contribution >= 4 is 6.09 Å². The van der Waals surface area contributed by atoms with E-state index >= 15 is 0 Å². The van der Waals surface area contributed by atoms with Gasteiger partial charge in [0, 0.05) is 19.2 Å². The normalized spacial score (nSPS) is 18.7. The molecular weight excluding hydrogens is 247 g/mol. The fraction of sp³-hybridized carbons (Fsp3) is 0.357. The zero-order valence-electron chi connectivity index (χ0n) is 10.8. The Bertz CT molecular complexity index is 462. The Morgan fingerprint density at radius 3 is 2.89 bits per heavy atom. The molecule has 19 heavy (non-hydrogen) atoms. The Labute approximate surface area is 111 Å². The molecule has 0 radical (unpaired) electrons. The maximum atomic E-state index is 13.4. The molecule has 0 fully saturated rings. The van der Waals surface area contributed by atoms with E-state index in [2.05, 4.69) is 10.1 Å². The molecule has 5 heteroatoms. The summed E-state index contributed by atoms with van der Waals surface area (Å²) in [6, 6.07) is 9.73. The molecule has 1 aliphatic rings. The Kier molecular flexibility index (Phi) is 4.39. The van der Waals surface area contributed by atoms with E-state index in [9.17, 15) is 9.18 Å². The third-order valence-corrected chi connectivity index (χ3v) is 3.04. The number of hydrogen-bond acceptors (Lipinski definition) is 3. The molecule has 1 amide bonds. The number of nitrogens with one attached hydrogen (secondary N) is 1. The number of allylic oxidation sites excluding steroid dienone is 1. The van der Waals surface area contributed by atoms with Gasteiger partial charge in [0.1, 0.15) is 12.0 Å². The fourth-order valence-electron chi connectivity index (χ4n) is 2.07. The van der Waals surface area contributed by atoms with Crippen LogP contribution in [0.1, 0.15) is 18.4 Å². The van der Waals surface area contributed by atoms with Gasteiger partial charge in [-0.2, -0.15) is 0 Å². The number of methoxy groups -OCH3 is 1. The van der Waals surface area contributed by atoms with Crippen LogP contribution in [0.15, 0.2) is 42.4 Å². The first-order chi connectivity index (χ1) is 9.19. The number of halogens is 1. The van der Waals surface area contributed by atoms with E-state index in [0.29, 0.717) is 19.4 Å². The lowest BCUT2D eigenvalue weighted by Gasteiger charge is -2.34. The van der Waals surface area contributed by atoms with Gasteiger partial charge in [0.2, 0.25) is 0 Å². The zero-order valence-corrected chi connectivity index (χ0v) is 10.8. The molecule has 1 unspecified atom stereocenters. The molecule has 4 nitrogen and oxygen atoms in total. The second kappa shape index (κ2) is 6.22. The highest BCUT2D eigenvalue weighted by atomic mass is 19.1. The van der Waals surface area contributed by atoms with Gasteiger partial charge in [-0.1, -0.05) is 30.3 Å². The fourth-order valence-corrected chi connectivity index (χ4v) is 2.07. The predicted octanol–water partition coefficient (Wildman–Crippen LogP) is 2.78. The lowest BCUT2D eigenvalue weighted by atomic mass is 10.1. The first-order valence-corrected chi connectivity index (χ1v) is 6.19. The third-order valence-electron chi connectivity index (χ3n) is 3.04. The van der Waals surface area contributed by atoms with Crippen LogP contribution in [0.4, 0.5) is 9.18 Å². The van der Waals surface area contributed by atoms with E-state index in [1.807, 2.05) is 30.3 Å². The number of alkyl carbamates (subject to hydrolysis) is 1. The molecule has 102 valence electrons. The van der Waals surface area contributed by atoms with Crippen LogP contribution in [0.25, 0.3) is 0 Å². The molecule has 2 rings (SSSR count). The summed E-state index contributed by atoms with van der Waals surface area (Å²) in [5.74, 6) is -0.168. The van der Waals surface area contributed by atoms with Crippen LogP contribution in [0.5, 0.6) is 0 Å². The Balaban J connectivity index is 2.08. The number of amides is 1. The molecule has 1 heterocycles. The van der Waals surface area contributed by atoms with Crippen molar-refractivity contribution in [3.05, 3.63) is 47.9 Å². The van der Waals surface area contributed by atoms with Gasteiger partial charge in [0.05, 0.1) is 7.11 Å². The van der Waals surface area contributed by atoms with Crippen molar-refractivity contribution in [1.82, 2.24) is 10.2 Å². The quantitative estimate of drug-likeness (QED) is 0.912. The first kappa shape index (κ1) is 13.4. The lowest BCUT2D eigenvalue weighted by Crippen LogP contribution is -2.47. The highest BCUT2D eigenvalue weighted by Crippen LogP contribution is 2.22. The summed E-state index contributed by atoms with van der Waals surface area (Å²) < 4.78 is 18.0. The van der Waals surface area contributed by atoms with Crippen molar-refractivity contribution in [3.8, 4) is 0 Å². The van der Waals surface area contributed by atoms with Crippen molar-refractivity contribution in [2.24, 2.45) is 0 Å². The average Bonchev–Trinajstić information content (AvgIpc) is 2.43. The van der Waals surface area contributed by atoms with Gasteiger partial charge >= 0.3 is 6.09 Å². The van der Waals surface area contributed by atoms with Crippen molar-refractivity contribution in [3.63, 3.8) is 0 Å². The molecule has 1 aromatic carbocycles. The summed E-state index contributed by atoms with van der Waals surface area (Å²) in [7, 11) is 1.32. The molecule has 0 aromatic heterocycles. The molecule has 0 spiro atoms. The number of benzene rings is 1. The van der Waals surface area contributed by atoms with Crippen LogP contribution in [0.3, 0.4) is 0 Å². The predicted molar refractivity (Wildman–Crippen MR) is 69.7 cm³/mol. The SMILES string of the molecule is COC(=O)NC1CCC(F)=CN1Cc1ccccc1. The van der Waals surface area contributed by atoms with Gasteiger partial charge in [-0.3, -0.25) is 0 Å². The van der Waals surface area contributed by atoms with E-state index in [0.717, 1.165) is 5.56 Å². The van der Waals surface area contributed by atoms with E-state index in [4.69, 9.17) is 0 Å². The van der Waals surface area contributed by atoms with Crippen molar-refractivity contribution < 1.29 is 13.9 Å². The number of rotatable bonds is 3. The minimum atomic E-state index is -0.501. The number of carbonyl (C=O) groups is 1. The van der Waals surface area contributed by atoms with Crippen LogP contribution in [-0.4, -0.2) is 24.3 Å². The van der Waals surface area contributed by atoms with E-state index in [1.54, 1.807) is 4.90 Å². The minimum Gasteiger partial charge on any atom is -0.453 e. The van der Waals surface area contributed by atoms with E-state index in [-0.39, 0.29) is 12.0 Å². The summed E-state index contributed by atoms with van der Waals surface area (Å²) >= 11 is 0. The smallest absolute Gasteiger partial charge is 0.408 e. The van der Waals surface area contributed by atoms with E-state index < -0.39 is 6.09 Å². The van der Waals surface area contributed by atoms with Gasteiger partial charge in [0.25, 0.3) is 0 Å². The zero-order chi connectivity index (χ0) is 13.7. The molecule has 0 saturated heterocycles. The Hall–Kier alpha value is -2.04. The lowest BCUT2D eigenvalue weighted by molar-refractivity contribution is 0.136. The van der Waals surface area contributed by atoms with Crippen molar-refractivity contribution in [2.45, 2.75) is 25.6 Å². The van der Waals surface area contributed by atoms with Crippen LogP contribution >= 0.6 is 0 Å². The summed E-state index contributed by atoms with van der Waals surface area (Å²) in [6.45, 7) is 0.545. The minimum absolute atomic E-state index is 0.168. The number of nitrogens with zero attached hydrogens (tertiary/aromatic N) is 1. The topological polar surface area (TPSA) is 41.6 Å². The van der Waals surface area contributed by atoms with Gasteiger partial charge < -0.3 is 15.0 Å². The average molecular weight is 264 g/mol. The Morgan fingerprint density at radius 1 is 1.47 bits per heavy atom. The third kappa shape index (κ3) is 3.71. The van der Waals surface area contributed by atoms with Crippen LogP contribution in [-0.2, 0) is 11.3 Å². The molecule has 1 aliphatic heterocycles. The number of carbonyl (C=O) groups excluding carboxylic acids is 1. The molecule has 0 saturated carbocycles. The molecule has 1 N–H and O–H groups in total. The molecule has 0 aliphatic carbocycles. The number of ether oxygens (including phenoxy) is 1. The van der Waals surface area contributed by atoms with Crippen LogP contribution in [0.2, 0.25) is 0 Å². The second-order valence-electron chi connectivity index (χ2n) is 4.42. The van der Waals surface area contributed by atoms with Gasteiger partial charge in [-0.05, 0) is 12.0 Å². The monoisotopic (exact) mass is 264 g/mol. The summed E-state index contributed by atoms with van der Waals surface area (Å²) in [4.78, 5) is 13.1. The largest absolute Gasteiger partial charge is 0.453 e. The summed E-state index contributed by atoms with van der Waals surface area (Å²) in [6.07, 6.45) is 1.58. The summed E-state index contributed by atoms with van der Waals surface area (Å²) in [5.41, 5.74) is 1.06. The highest BCUT2D eigenvalue weighted by Gasteiger charge is 2.23. The van der Waals surface area contributed by atoms with Gasteiger partial charge in [0.15, 0.2) is 0 Å².